The lowest BCUT2D eigenvalue weighted by molar-refractivity contribution is -0.384. The van der Waals surface area contributed by atoms with Gasteiger partial charge in [0.1, 0.15) is 0 Å². The number of esters is 2. The van der Waals surface area contributed by atoms with Gasteiger partial charge in [0.2, 0.25) is 0 Å². The molecular formula is C25H24ClNO8S2. The lowest BCUT2D eigenvalue weighted by Gasteiger charge is -2.35. The Morgan fingerprint density at radius 2 is 1.57 bits per heavy atom. The first kappa shape index (κ1) is 27.2. The van der Waals surface area contributed by atoms with Crippen LogP contribution in [0.5, 0.6) is 0 Å². The van der Waals surface area contributed by atoms with Crippen molar-refractivity contribution in [1.82, 2.24) is 0 Å². The molecule has 0 spiro atoms. The molecule has 12 heteroatoms. The normalized spacial score (nSPS) is 24.3. The van der Waals surface area contributed by atoms with Gasteiger partial charge in [-0.25, -0.2) is 8.42 Å². The number of nitro groups is 1. The van der Waals surface area contributed by atoms with Crippen molar-refractivity contribution in [3.8, 4) is 0 Å². The van der Waals surface area contributed by atoms with Crippen LogP contribution in [0.3, 0.4) is 0 Å². The number of hydrogen-bond donors (Lipinski definition) is 0. The van der Waals surface area contributed by atoms with Crippen LogP contribution in [0.4, 0.5) is 5.69 Å². The zero-order chi connectivity index (χ0) is 26.9. The molecule has 2 aromatic rings. The molecule has 0 saturated carbocycles. The molecule has 0 N–H and O–H groups in total. The molecule has 0 amide bonds. The van der Waals surface area contributed by atoms with E-state index in [4.69, 9.17) is 21.1 Å². The maximum absolute atomic E-state index is 14.0. The summed E-state index contributed by atoms with van der Waals surface area (Å²) in [6, 6.07) is 12.5. The summed E-state index contributed by atoms with van der Waals surface area (Å²) in [5.41, 5.74) is 1.46. The van der Waals surface area contributed by atoms with E-state index in [9.17, 15) is 28.1 Å². The second-order valence-electron chi connectivity index (χ2n) is 8.47. The summed E-state index contributed by atoms with van der Waals surface area (Å²) in [5.74, 6) is -2.93. The van der Waals surface area contributed by atoms with E-state index >= 15 is 0 Å². The smallest absolute Gasteiger partial charge is 0.328 e. The van der Waals surface area contributed by atoms with Gasteiger partial charge in [-0.15, -0.1) is 11.8 Å². The fraction of sp³-hybridized carbons (Fsp3) is 0.360. The van der Waals surface area contributed by atoms with Crippen LogP contribution in [-0.4, -0.2) is 49.0 Å². The Kier molecular flexibility index (Phi) is 7.96. The number of ether oxygens (including phenoxy) is 2. The highest BCUT2D eigenvalue weighted by Gasteiger charge is 2.58. The van der Waals surface area contributed by atoms with Gasteiger partial charge in [0.25, 0.3) is 5.69 Å². The third-order valence-corrected chi connectivity index (χ3v) is 10.4. The third-order valence-electron chi connectivity index (χ3n) is 6.30. The number of nitrogens with zero attached hydrogens (tertiary/aromatic N) is 1. The van der Waals surface area contributed by atoms with Gasteiger partial charge in [-0.2, -0.15) is 0 Å². The predicted molar refractivity (Wildman–Crippen MR) is 139 cm³/mol. The largest absolute Gasteiger partial charge is 0.465 e. The molecule has 2 aliphatic heterocycles. The average molecular weight is 566 g/mol. The third kappa shape index (κ3) is 5.12. The van der Waals surface area contributed by atoms with Gasteiger partial charge >= 0.3 is 11.9 Å². The van der Waals surface area contributed by atoms with E-state index < -0.39 is 43.1 Å². The van der Waals surface area contributed by atoms with Gasteiger partial charge in [0.05, 0.1) is 18.1 Å². The monoisotopic (exact) mass is 565 g/mol. The fourth-order valence-corrected chi connectivity index (χ4v) is 8.91. The van der Waals surface area contributed by atoms with Crippen LogP contribution in [0.1, 0.15) is 42.6 Å². The number of halogens is 1. The zero-order valence-electron chi connectivity index (χ0n) is 20.0. The maximum atomic E-state index is 14.0. The van der Waals surface area contributed by atoms with Crippen molar-refractivity contribution in [3.05, 3.63) is 85.3 Å². The minimum Gasteiger partial charge on any atom is -0.465 e. The van der Waals surface area contributed by atoms with E-state index in [1.165, 1.54) is 36.0 Å². The Hall–Kier alpha value is -2.89. The summed E-state index contributed by atoms with van der Waals surface area (Å²) < 4.78 is 38.2. The van der Waals surface area contributed by atoms with Crippen molar-refractivity contribution in [2.75, 3.05) is 13.2 Å². The summed E-state index contributed by atoms with van der Waals surface area (Å²) >= 11 is 7.41. The summed E-state index contributed by atoms with van der Waals surface area (Å²) in [4.78, 5) is 37.4. The number of carbonyl (C=O) groups excluding carboxylic acids is 2. The number of non-ortho nitro benzene ring substituents is 1. The Bertz CT molecular complexity index is 1360. The number of sulfone groups is 1. The van der Waals surface area contributed by atoms with Crippen molar-refractivity contribution < 1.29 is 32.4 Å². The topological polar surface area (TPSA) is 130 Å². The molecule has 0 radical (unpaired) electrons. The van der Waals surface area contributed by atoms with E-state index in [1.54, 1.807) is 26.0 Å². The highest BCUT2D eigenvalue weighted by atomic mass is 35.5. The molecule has 4 rings (SSSR count). The highest BCUT2D eigenvalue weighted by molar-refractivity contribution is 8.04. The van der Waals surface area contributed by atoms with E-state index in [-0.39, 0.29) is 30.6 Å². The van der Waals surface area contributed by atoms with Crippen LogP contribution in [-0.2, 0) is 28.9 Å². The molecule has 4 atom stereocenters. The Morgan fingerprint density at radius 3 is 2.14 bits per heavy atom. The van der Waals surface area contributed by atoms with E-state index in [2.05, 4.69) is 0 Å². The lowest BCUT2D eigenvalue weighted by atomic mass is 9.89. The summed E-state index contributed by atoms with van der Waals surface area (Å²) in [7, 11) is -4.47. The number of hydrogen-bond acceptors (Lipinski definition) is 9. The fourth-order valence-electron chi connectivity index (χ4n) is 4.73. The van der Waals surface area contributed by atoms with Crippen LogP contribution in [0.15, 0.2) is 59.0 Å². The van der Waals surface area contributed by atoms with Gasteiger partial charge in [-0.05, 0) is 54.0 Å². The number of thioether (sulfide) groups is 1. The molecule has 0 aliphatic carbocycles. The van der Waals surface area contributed by atoms with Crippen LogP contribution >= 0.6 is 23.4 Å². The second-order valence-corrected chi connectivity index (χ2v) is 12.3. The molecule has 9 nitrogen and oxygen atoms in total. The summed E-state index contributed by atoms with van der Waals surface area (Å²) in [6.07, 6.45) is 0.239. The van der Waals surface area contributed by atoms with Gasteiger partial charge in [-0.3, -0.25) is 19.7 Å². The molecule has 0 saturated heterocycles. The van der Waals surface area contributed by atoms with E-state index in [1.807, 2.05) is 12.1 Å². The van der Waals surface area contributed by atoms with E-state index in [0.29, 0.717) is 21.1 Å². The molecule has 2 heterocycles. The first-order valence-corrected chi connectivity index (χ1v) is 14.4. The van der Waals surface area contributed by atoms with Crippen molar-refractivity contribution >= 4 is 50.8 Å². The van der Waals surface area contributed by atoms with Crippen molar-refractivity contribution in [2.24, 2.45) is 0 Å². The zero-order valence-corrected chi connectivity index (χ0v) is 22.3. The SMILES string of the molecule is CCOC(=O)[C@H]1C2=C(S[C@@H](c3ccc(Cl)cc3)C2)[C@@H](c2ccc([N+](=O)[O-])cc2)[C@H](C(=O)OCC)S1(=O)=O. The minimum atomic E-state index is -4.47. The van der Waals surface area contributed by atoms with Crippen LogP contribution < -0.4 is 0 Å². The Labute approximate surface area is 223 Å². The summed E-state index contributed by atoms with van der Waals surface area (Å²) in [5, 5.41) is 8.12. The Morgan fingerprint density at radius 1 is 1.00 bits per heavy atom. The van der Waals surface area contributed by atoms with Crippen molar-refractivity contribution in [1.29, 1.82) is 0 Å². The standard InChI is InChI=1S/C25H24ClNO8S2/c1-3-34-24(28)22-18-13-19(14-5-9-16(26)10-6-14)36-21(18)20(15-7-11-17(12-8-15)27(30)31)23(37(22,32)33)25(29)35-4-2/h5-12,19-20,22-23H,3-4,13H2,1-2H3/t19-,20-,22-,23-/m1/s1. The van der Waals surface area contributed by atoms with Crippen LogP contribution in [0.2, 0.25) is 5.02 Å². The van der Waals surface area contributed by atoms with Gasteiger partial charge in [-0.1, -0.05) is 35.9 Å². The first-order chi connectivity index (χ1) is 17.6. The molecule has 2 aliphatic rings. The van der Waals surface area contributed by atoms with Gasteiger partial charge in [0, 0.05) is 28.3 Å². The minimum absolute atomic E-state index is 0.0307. The molecule has 0 bridgehead atoms. The number of allylic oxidation sites excluding steroid dienone is 1. The average Bonchev–Trinajstić information content (AvgIpc) is 3.27. The number of benzene rings is 2. The van der Waals surface area contributed by atoms with Gasteiger partial charge < -0.3 is 9.47 Å². The van der Waals surface area contributed by atoms with Crippen LogP contribution in [0.25, 0.3) is 0 Å². The maximum Gasteiger partial charge on any atom is 0.328 e. The molecule has 37 heavy (non-hydrogen) atoms. The molecule has 196 valence electrons. The molecule has 0 fully saturated rings. The predicted octanol–water partition coefficient (Wildman–Crippen LogP) is 4.76. The van der Waals surface area contributed by atoms with Crippen molar-refractivity contribution in [3.63, 3.8) is 0 Å². The van der Waals surface area contributed by atoms with Gasteiger partial charge in [0.15, 0.2) is 20.3 Å². The molecule has 0 unspecified atom stereocenters. The number of carbonyl (C=O) groups is 2. The molecule has 2 aromatic carbocycles. The van der Waals surface area contributed by atoms with Crippen molar-refractivity contribution in [2.45, 2.75) is 41.9 Å². The first-order valence-electron chi connectivity index (χ1n) is 11.6. The second kappa shape index (κ2) is 10.8. The highest BCUT2D eigenvalue weighted by Crippen LogP contribution is 2.59. The molecule has 0 aromatic heterocycles. The van der Waals surface area contributed by atoms with Crippen LogP contribution in [0, 0.1) is 10.1 Å². The molecular weight excluding hydrogens is 542 g/mol. The lowest BCUT2D eigenvalue weighted by Crippen LogP contribution is -2.50. The number of nitro benzene ring substituents is 1. The summed E-state index contributed by atoms with van der Waals surface area (Å²) in [6.45, 7) is 3.04. The Balaban J connectivity index is 1.91. The number of rotatable bonds is 7. The van der Waals surface area contributed by atoms with E-state index in [0.717, 1.165) is 5.56 Å². The quantitative estimate of drug-likeness (QED) is 0.265.